The minimum atomic E-state index is -0.0525. The Labute approximate surface area is 141 Å². The summed E-state index contributed by atoms with van der Waals surface area (Å²) in [6.45, 7) is 5.15. The average Bonchev–Trinajstić information content (AvgIpc) is 3.03. The molecule has 1 aromatic carbocycles. The lowest BCUT2D eigenvalue weighted by Crippen LogP contribution is -2.27. The number of benzene rings is 1. The molecule has 0 spiro atoms. The van der Waals surface area contributed by atoms with Gasteiger partial charge in [-0.05, 0) is 44.2 Å². The molecule has 3 aromatic rings. The second-order valence-corrected chi connectivity index (χ2v) is 5.83. The summed E-state index contributed by atoms with van der Waals surface area (Å²) >= 11 is 0. The van der Waals surface area contributed by atoms with Gasteiger partial charge in [-0.15, -0.1) is 0 Å². The van der Waals surface area contributed by atoms with E-state index in [1.807, 2.05) is 55.1 Å². The van der Waals surface area contributed by atoms with E-state index in [9.17, 15) is 4.79 Å². The number of pyridine rings is 1. The molecule has 0 fully saturated rings. The van der Waals surface area contributed by atoms with Gasteiger partial charge in [-0.2, -0.15) is 5.10 Å². The van der Waals surface area contributed by atoms with E-state index in [1.165, 1.54) is 0 Å². The number of amides is 1. The quantitative estimate of drug-likeness (QED) is 0.786. The monoisotopic (exact) mass is 320 g/mol. The van der Waals surface area contributed by atoms with Crippen LogP contribution in [0.1, 0.15) is 21.5 Å². The number of aryl methyl sites for hydroxylation is 2. The highest BCUT2D eigenvalue weighted by molar-refractivity contribution is 5.94. The first-order chi connectivity index (χ1) is 11.6. The minimum Gasteiger partial charge on any atom is -0.350 e. The lowest BCUT2D eigenvalue weighted by molar-refractivity contribution is 0.0952. The molecule has 0 saturated carbocycles. The van der Waals surface area contributed by atoms with Crippen molar-refractivity contribution in [3.8, 4) is 11.3 Å². The first-order valence-corrected chi connectivity index (χ1v) is 7.92. The Morgan fingerprint density at radius 2 is 1.79 bits per heavy atom. The third-order valence-corrected chi connectivity index (χ3v) is 3.73. The minimum absolute atomic E-state index is 0.0525. The molecule has 0 radical (unpaired) electrons. The zero-order valence-corrected chi connectivity index (χ0v) is 13.9. The van der Waals surface area contributed by atoms with E-state index in [0.29, 0.717) is 18.7 Å². The first-order valence-electron chi connectivity index (χ1n) is 7.92. The number of nitrogens with zero attached hydrogens (tertiary/aromatic N) is 3. The number of rotatable bonds is 5. The maximum atomic E-state index is 12.2. The molecule has 5 nitrogen and oxygen atoms in total. The fraction of sp³-hybridized carbons (Fsp3) is 0.211. The standard InChI is InChI=1S/C19H20N4O/c1-14-11-15(2)13-17(12-14)19(24)21-8-10-23-9-5-18(22-23)16-3-6-20-7-4-16/h3-7,9,11-13H,8,10H2,1-2H3,(H,21,24). The molecule has 0 saturated heterocycles. The van der Waals surface area contributed by atoms with E-state index < -0.39 is 0 Å². The number of aromatic nitrogens is 3. The molecule has 122 valence electrons. The topological polar surface area (TPSA) is 59.8 Å². The van der Waals surface area contributed by atoms with Crippen LogP contribution in [0.3, 0.4) is 0 Å². The van der Waals surface area contributed by atoms with Gasteiger partial charge in [0.25, 0.3) is 5.91 Å². The smallest absolute Gasteiger partial charge is 0.251 e. The summed E-state index contributed by atoms with van der Waals surface area (Å²) in [6, 6.07) is 11.7. The summed E-state index contributed by atoms with van der Waals surface area (Å²) in [5, 5.41) is 7.46. The van der Waals surface area contributed by atoms with Crippen molar-refractivity contribution in [2.24, 2.45) is 0 Å². The van der Waals surface area contributed by atoms with Crippen LogP contribution >= 0.6 is 0 Å². The molecule has 0 bridgehead atoms. The second kappa shape index (κ2) is 7.08. The highest BCUT2D eigenvalue weighted by Crippen LogP contribution is 2.14. The van der Waals surface area contributed by atoms with E-state index in [0.717, 1.165) is 22.4 Å². The molecule has 24 heavy (non-hydrogen) atoms. The van der Waals surface area contributed by atoms with Gasteiger partial charge in [0.1, 0.15) is 0 Å². The molecule has 2 heterocycles. The fourth-order valence-electron chi connectivity index (χ4n) is 2.65. The van der Waals surface area contributed by atoms with E-state index in [-0.39, 0.29) is 5.91 Å². The van der Waals surface area contributed by atoms with Crippen LogP contribution < -0.4 is 5.32 Å². The van der Waals surface area contributed by atoms with Gasteiger partial charge in [0.15, 0.2) is 0 Å². The van der Waals surface area contributed by atoms with Crippen molar-refractivity contribution in [3.05, 3.63) is 71.7 Å². The fourth-order valence-corrected chi connectivity index (χ4v) is 2.65. The van der Waals surface area contributed by atoms with Gasteiger partial charge in [-0.3, -0.25) is 14.5 Å². The molecule has 1 N–H and O–H groups in total. The number of hydrogen-bond donors (Lipinski definition) is 1. The van der Waals surface area contributed by atoms with Crippen LogP contribution in [0.25, 0.3) is 11.3 Å². The predicted octanol–water partition coefficient (Wildman–Crippen LogP) is 2.99. The van der Waals surface area contributed by atoms with Crippen molar-refractivity contribution >= 4 is 5.91 Å². The van der Waals surface area contributed by atoms with Crippen LogP contribution in [0, 0.1) is 13.8 Å². The van der Waals surface area contributed by atoms with Gasteiger partial charge in [0, 0.05) is 36.3 Å². The lowest BCUT2D eigenvalue weighted by Gasteiger charge is -2.07. The van der Waals surface area contributed by atoms with Crippen molar-refractivity contribution < 1.29 is 4.79 Å². The largest absolute Gasteiger partial charge is 0.350 e. The van der Waals surface area contributed by atoms with Gasteiger partial charge in [-0.25, -0.2) is 0 Å². The van der Waals surface area contributed by atoms with Crippen LogP contribution in [0.4, 0.5) is 0 Å². The zero-order chi connectivity index (χ0) is 16.9. The van der Waals surface area contributed by atoms with Gasteiger partial charge >= 0.3 is 0 Å². The Morgan fingerprint density at radius 3 is 2.50 bits per heavy atom. The Bertz CT molecular complexity index is 819. The van der Waals surface area contributed by atoms with Crippen LogP contribution in [0.15, 0.2) is 55.0 Å². The molecule has 5 heteroatoms. The normalized spacial score (nSPS) is 10.6. The molecular formula is C19H20N4O. The van der Waals surface area contributed by atoms with E-state index in [1.54, 1.807) is 12.4 Å². The van der Waals surface area contributed by atoms with Crippen LogP contribution in [0.5, 0.6) is 0 Å². The number of carbonyl (C=O) groups excluding carboxylic acids is 1. The summed E-state index contributed by atoms with van der Waals surface area (Å²) in [4.78, 5) is 16.2. The van der Waals surface area contributed by atoms with Crippen molar-refractivity contribution in [2.75, 3.05) is 6.54 Å². The maximum Gasteiger partial charge on any atom is 0.251 e. The first kappa shape index (κ1) is 15.9. The molecule has 0 aliphatic carbocycles. The molecular weight excluding hydrogens is 300 g/mol. The second-order valence-electron chi connectivity index (χ2n) is 5.83. The Morgan fingerprint density at radius 1 is 1.08 bits per heavy atom. The molecule has 2 aromatic heterocycles. The van der Waals surface area contributed by atoms with Crippen LogP contribution in [-0.4, -0.2) is 27.2 Å². The highest BCUT2D eigenvalue weighted by Gasteiger charge is 2.07. The molecule has 0 aliphatic heterocycles. The zero-order valence-electron chi connectivity index (χ0n) is 13.9. The Balaban J connectivity index is 1.57. The molecule has 1 amide bonds. The SMILES string of the molecule is Cc1cc(C)cc(C(=O)NCCn2ccc(-c3ccncc3)n2)c1. The van der Waals surface area contributed by atoms with Gasteiger partial charge in [-0.1, -0.05) is 17.2 Å². The maximum absolute atomic E-state index is 12.2. The van der Waals surface area contributed by atoms with E-state index >= 15 is 0 Å². The third kappa shape index (κ3) is 3.87. The number of nitrogens with one attached hydrogen (secondary N) is 1. The molecule has 3 rings (SSSR count). The summed E-state index contributed by atoms with van der Waals surface area (Å²) in [6.07, 6.45) is 5.41. The molecule has 0 unspecified atom stereocenters. The highest BCUT2D eigenvalue weighted by atomic mass is 16.1. The predicted molar refractivity (Wildman–Crippen MR) is 93.7 cm³/mol. The molecule has 0 aliphatic rings. The van der Waals surface area contributed by atoms with E-state index in [4.69, 9.17) is 0 Å². The van der Waals surface area contributed by atoms with E-state index in [2.05, 4.69) is 21.5 Å². The van der Waals surface area contributed by atoms with Crippen LogP contribution in [0.2, 0.25) is 0 Å². The van der Waals surface area contributed by atoms with Gasteiger partial charge in [0.2, 0.25) is 0 Å². The number of carbonyl (C=O) groups is 1. The van der Waals surface area contributed by atoms with Crippen molar-refractivity contribution in [1.82, 2.24) is 20.1 Å². The van der Waals surface area contributed by atoms with Crippen LogP contribution in [-0.2, 0) is 6.54 Å². The summed E-state index contributed by atoms with van der Waals surface area (Å²) in [5.41, 5.74) is 4.81. The van der Waals surface area contributed by atoms with Crippen molar-refractivity contribution in [1.29, 1.82) is 0 Å². The average molecular weight is 320 g/mol. The summed E-state index contributed by atoms with van der Waals surface area (Å²) < 4.78 is 1.83. The lowest BCUT2D eigenvalue weighted by atomic mass is 10.1. The van der Waals surface area contributed by atoms with Crippen molar-refractivity contribution in [2.45, 2.75) is 20.4 Å². The Kier molecular flexibility index (Phi) is 4.70. The van der Waals surface area contributed by atoms with Gasteiger partial charge < -0.3 is 5.32 Å². The molecule has 0 atom stereocenters. The summed E-state index contributed by atoms with van der Waals surface area (Å²) in [7, 11) is 0. The Hall–Kier alpha value is -2.95. The summed E-state index contributed by atoms with van der Waals surface area (Å²) in [5.74, 6) is -0.0525. The number of hydrogen-bond acceptors (Lipinski definition) is 3. The van der Waals surface area contributed by atoms with Gasteiger partial charge in [0.05, 0.1) is 12.2 Å². The third-order valence-electron chi connectivity index (χ3n) is 3.73. The van der Waals surface area contributed by atoms with Crippen molar-refractivity contribution in [3.63, 3.8) is 0 Å².